The molecular formula is C22H22N4O2S. The van der Waals surface area contributed by atoms with Crippen LogP contribution < -0.4 is 4.74 Å². The molecule has 6 nitrogen and oxygen atoms in total. The molecule has 0 saturated heterocycles. The molecule has 1 amide bonds. The number of benzene rings is 2. The first kappa shape index (κ1) is 20.5. The van der Waals surface area contributed by atoms with Crippen molar-refractivity contribution in [3.8, 4) is 28.8 Å². The van der Waals surface area contributed by atoms with Crippen LogP contribution in [-0.4, -0.2) is 46.8 Å². The zero-order valence-electron chi connectivity index (χ0n) is 16.4. The molecule has 0 aliphatic rings. The Bertz CT molecular complexity index is 1010. The maximum absolute atomic E-state index is 12.4. The molecule has 1 heterocycles. The third-order valence-electron chi connectivity index (χ3n) is 4.42. The number of imidazole rings is 1. The lowest BCUT2D eigenvalue weighted by Crippen LogP contribution is -2.29. The van der Waals surface area contributed by atoms with Crippen molar-refractivity contribution in [2.45, 2.75) is 11.6 Å². The lowest BCUT2D eigenvalue weighted by atomic mass is 10.1. The maximum atomic E-state index is 12.4. The Hall–Kier alpha value is -3.24. The average Bonchev–Trinajstić information content (AvgIpc) is 3.20. The zero-order chi connectivity index (χ0) is 20.6. The summed E-state index contributed by atoms with van der Waals surface area (Å²) in [5.41, 5.74) is 2.88. The van der Waals surface area contributed by atoms with E-state index in [1.54, 1.807) is 19.1 Å². The molecule has 0 fully saturated rings. The highest BCUT2D eigenvalue weighted by atomic mass is 32.2. The van der Waals surface area contributed by atoms with E-state index in [-0.39, 0.29) is 11.7 Å². The topological polar surface area (TPSA) is 71.2 Å². The number of hydrogen-bond donors (Lipinski definition) is 0. The summed E-state index contributed by atoms with van der Waals surface area (Å²) in [5, 5.41) is 9.43. The van der Waals surface area contributed by atoms with Gasteiger partial charge in [-0.1, -0.05) is 48.2 Å². The molecule has 0 N–H and O–H groups in total. The highest BCUT2D eigenvalue weighted by Crippen LogP contribution is 2.31. The molecule has 0 bridgehead atoms. The van der Waals surface area contributed by atoms with Crippen LogP contribution in [0.3, 0.4) is 0 Å². The summed E-state index contributed by atoms with van der Waals surface area (Å²) < 4.78 is 7.41. The summed E-state index contributed by atoms with van der Waals surface area (Å²) in [6.07, 6.45) is 2.14. The first-order valence-corrected chi connectivity index (χ1v) is 10.1. The second kappa shape index (κ2) is 9.80. The highest BCUT2D eigenvalue weighted by Gasteiger charge is 2.17. The van der Waals surface area contributed by atoms with Gasteiger partial charge in [-0.2, -0.15) is 5.26 Å². The van der Waals surface area contributed by atoms with Gasteiger partial charge in [-0.05, 0) is 12.1 Å². The van der Waals surface area contributed by atoms with Crippen molar-refractivity contribution in [1.29, 1.82) is 5.26 Å². The average molecular weight is 407 g/mol. The van der Waals surface area contributed by atoms with Gasteiger partial charge in [0.05, 0.1) is 42.9 Å². The molecule has 2 aromatic carbocycles. The SMILES string of the molecule is COc1cccc(-n2c(-c3ccccc3)cnc2SCC(=O)N(C)CCC#N)c1. The van der Waals surface area contributed by atoms with Crippen LogP contribution in [0.15, 0.2) is 66.0 Å². The summed E-state index contributed by atoms with van der Waals surface area (Å²) in [6, 6.07) is 19.8. The van der Waals surface area contributed by atoms with Crippen molar-refractivity contribution in [2.75, 3.05) is 26.5 Å². The molecule has 0 aliphatic heterocycles. The number of aromatic nitrogens is 2. The quantitative estimate of drug-likeness (QED) is 0.529. The third-order valence-corrected chi connectivity index (χ3v) is 5.36. The second-order valence-corrected chi connectivity index (χ2v) is 7.28. The van der Waals surface area contributed by atoms with E-state index in [4.69, 9.17) is 10.00 Å². The van der Waals surface area contributed by atoms with Crippen LogP contribution in [0.2, 0.25) is 0 Å². The molecule has 0 saturated carbocycles. The van der Waals surface area contributed by atoms with Crippen LogP contribution in [0.4, 0.5) is 0 Å². The van der Waals surface area contributed by atoms with Gasteiger partial charge >= 0.3 is 0 Å². The fourth-order valence-electron chi connectivity index (χ4n) is 2.83. The molecule has 29 heavy (non-hydrogen) atoms. The number of nitrogens with zero attached hydrogens (tertiary/aromatic N) is 4. The smallest absolute Gasteiger partial charge is 0.232 e. The molecule has 148 valence electrons. The molecule has 0 unspecified atom stereocenters. The van der Waals surface area contributed by atoms with Crippen LogP contribution in [0.25, 0.3) is 16.9 Å². The van der Waals surface area contributed by atoms with Gasteiger partial charge in [0.25, 0.3) is 0 Å². The summed E-state index contributed by atoms with van der Waals surface area (Å²) in [6.45, 7) is 0.426. The molecule has 3 rings (SSSR count). The van der Waals surface area contributed by atoms with Crippen LogP contribution >= 0.6 is 11.8 Å². The Labute approximate surface area is 174 Å². The second-order valence-electron chi connectivity index (χ2n) is 6.34. The number of carbonyl (C=O) groups excluding carboxylic acids is 1. The normalized spacial score (nSPS) is 10.4. The minimum Gasteiger partial charge on any atom is -0.497 e. The minimum atomic E-state index is -0.0355. The summed E-state index contributed by atoms with van der Waals surface area (Å²) in [4.78, 5) is 18.5. The number of thioether (sulfide) groups is 1. The lowest BCUT2D eigenvalue weighted by Gasteiger charge is -2.16. The molecule has 0 spiro atoms. The van der Waals surface area contributed by atoms with Gasteiger partial charge < -0.3 is 9.64 Å². The number of amides is 1. The van der Waals surface area contributed by atoms with Crippen molar-refractivity contribution in [3.05, 3.63) is 60.8 Å². The molecule has 3 aromatic rings. The van der Waals surface area contributed by atoms with E-state index in [2.05, 4.69) is 11.1 Å². The number of carbonyl (C=O) groups is 1. The van der Waals surface area contributed by atoms with Gasteiger partial charge in [-0.25, -0.2) is 4.98 Å². The van der Waals surface area contributed by atoms with Gasteiger partial charge in [0.2, 0.25) is 5.91 Å². The molecule has 1 aromatic heterocycles. The Morgan fingerprint density at radius 1 is 1.24 bits per heavy atom. The first-order chi connectivity index (χ1) is 14.1. The zero-order valence-corrected chi connectivity index (χ0v) is 17.2. The third kappa shape index (κ3) is 4.98. The fourth-order valence-corrected chi connectivity index (χ4v) is 3.76. The molecular weight excluding hydrogens is 384 g/mol. The largest absolute Gasteiger partial charge is 0.497 e. The van der Waals surface area contributed by atoms with E-state index in [1.165, 1.54) is 11.8 Å². The maximum Gasteiger partial charge on any atom is 0.232 e. The number of rotatable bonds is 8. The standard InChI is InChI=1S/C22H22N4O2S/c1-25(13-7-12-23)21(27)16-29-22-24-15-20(17-8-4-3-5-9-17)26(22)18-10-6-11-19(14-18)28-2/h3-6,8-11,14-15H,7,13,16H2,1-2H3. The van der Waals surface area contributed by atoms with Gasteiger partial charge in [0.1, 0.15) is 5.75 Å². The predicted molar refractivity (Wildman–Crippen MR) is 114 cm³/mol. The van der Waals surface area contributed by atoms with Gasteiger partial charge in [0, 0.05) is 25.2 Å². The molecule has 0 atom stereocenters. The van der Waals surface area contributed by atoms with Crippen LogP contribution in [-0.2, 0) is 4.79 Å². The van der Waals surface area contributed by atoms with Crippen LogP contribution in [0, 0.1) is 11.3 Å². The Morgan fingerprint density at radius 2 is 2.03 bits per heavy atom. The van der Waals surface area contributed by atoms with E-state index in [0.717, 1.165) is 27.9 Å². The van der Waals surface area contributed by atoms with E-state index < -0.39 is 0 Å². The van der Waals surface area contributed by atoms with E-state index in [0.29, 0.717) is 13.0 Å². The van der Waals surface area contributed by atoms with Gasteiger partial charge in [0.15, 0.2) is 5.16 Å². The van der Waals surface area contributed by atoms with E-state index in [9.17, 15) is 4.79 Å². The molecule has 0 aliphatic carbocycles. The van der Waals surface area contributed by atoms with Crippen molar-refractivity contribution < 1.29 is 9.53 Å². The monoisotopic (exact) mass is 406 g/mol. The summed E-state index contributed by atoms with van der Waals surface area (Å²) in [7, 11) is 3.35. The van der Waals surface area contributed by atoms with Crippen molar-refractivity contribution in [2.24, 2.45) is 0 Å². The Kier molecular flexibility index (Phi) is 6.93. The Morgan fingerprint density at radius 3 is 2.76 bits per heavy atom. The van der Waals surface area contributed by atoms with Crippen molar-refractivity contribution in [1.82, 2.24) is 14.5 Å². The number of ether oxygens (including phenoxy) is 1. The minimum absolute atomic E-state index is 0.0355. The number of nitriles is 1. The summed E-state index contributed by atoms with van der Waals surface area (Å²) in [5.74, 6) is 0.960. The van der Waals surface area contributed by atoms with Crippen molar-refractivity contribution >= 4 is 17.7 Å². The van der Waals surface area contributed by atoms with Crippen LogP contribution in [0.5, 0.6) is 5.75 Å². The summed E-state index contributed by atoms with van der Waals surface area (Å²) >= 11 is 1.38. The predicted octanol–water partition coefficient (Wildman–Crippen LogP) is 4.01. The highest BCUT2D eigenvalue weighted by molar-refractivity contribution is 7.99. The van der Waals surface area contributed by atoms with Crippen molar-refractivity contribution in [3.63, 3.8) is 0 Å². The first-order valence-electron chi connectivity index (χ1n) is 9.15. The molecule has 0 radical (unpaired) electrons. The fraction of sp³-hybridized carbons (Fsp3) is 0.227. The van der Waals surface area contributed by atoms with Gasteiger partial charge in [-0.15, -0.1) is 0 Å². The van der Waals surface area contributed by atoms with E-state index in [1.807, 2.05) is 65.4 Å². The Balaban J connectivity index is 1.92. The van der Waals surface area contributed by atoms with Crippen LogP contribution in [0.1, 0.15) is 6.42 Å². The van der Waals surface area contributed by atoms with Gasteiger partial charge in [-0.3, -0.25) is 9.36 Å². The van der Waals surface area contributed by atoms with E-state index >= 15 is 0 Å². The molecule has 7 heteroatoms. The number of hydrogen-bond acceptors (Lipinski definition) is 5. The lowest BCUT2D eigenvalue weighted by molar-refractivity contribution is -0.127. The number of methoxy groups -OCH3 is 1.